The molecule has 8 aliphatic heterocycles. The first kappa shape index (κ1) is 48.4. The lowest BCUT2D eigenvalue weighted by Gasteiger charge is -2.47. The molecule has 4 aromatic rings. The average Bonchev–Trinajstić information content (AvgIpc) is 0.686. The maximum Gasteiger partial charge on any atom is 0.323 e. The van der Waals surface area contributed by atoms with Crippen LogP contribution in [0.25, 0.3) is 0 Å². The number of carbonyl (C=O) groups excluding carboxylic acids is 4. The maximum atomic E-state index is 13.1. The average molecular weight is 1720 g/mol. The van der Waals surface area contributed by atoms with Gasteiger partial charge in [0.05, 0.1) is 70.4 Å². The molecule has 8 N–H and O–H groups in total. The van der Waals surface area contributed by atoms with Gasteiger partial charge in [-0.3, -0.25) is 38.8 Å². The Kier molecular flexibility index (Phi) is 17.7. The fourth-order valence-corrected chi connectivity index (χ4v) is 14.4. The maximum absolute atomic E-state index is 13.1. The molecule has 24 heteroatoms. The van der Waals surface area contributed by atoms with E-state index in [0.29, 0.717) is 0 Å². The molecule has 4 aromatic carbocycles. The van der Waals surface area contributed by atoms with E-state index >= 15 is 0 Å². The van der Waals surface area contributed by atoms with E-state index in [0.717, 1.165) is 65.5 Å². The van der Waals surface area contributed by atoms with Crippen LogP contribution in [0.3, 0.4) is 0 Å². The van der Waals surface area contributed by atoms with Gasteiger partial charge in [-0.15, -0.1) is 0 Å². The minimum Gasteiger partial charge on any atom is -0.493 e. The molecule has 672 valence electrons. The van der Waals surface area contributed by atoms with Gasteiger partial charge in [-0.05, 0) is 191 Å². The summed E-state index contributed by atoms with van der Waals surface area (Å²) in [5.41, 5.74) is 22.5. The van der Waals surface area contributed by atoms with E-state index in [1.54, 1.807) is 55.4 Å². The Bertz CT molecular complexity index is 6190. The summed E-state index contributed by atoms with van der Waals surface area (Å²) >= 11 is 0. The molecule has 4 fully saturated rings. The number of hydrogen-bond acceptors (Lipinski definition) is 24. The first-order valence-electron chi connectivity index (χ1n) is 64.3. The van der Waals surface area contributed by atoms with Crippen molar-refractivity contribution < 1.29 is 145 Å². The molecule has 12 rings (SSSR count). The van der Waals surface area contributed by atoms with Crippen molar-refractivity contribution >= 4 is 23.9 Å². The van der Waals surface area contributed by atoms with E-state index < -0.39 is 343 Å². The molecule has 20 atom stereocenters. The number of piperidine rings is 4. The van der Waals surface area contributed by atoms with Crippen molar-refractivity contribution in [2.24, 2.45) is 93.9 Å². The highest BCUT2D eigenvalue weighted by molar-refractivity contribution is 5.77. The van der Waals surface area contributed by atoms with Crippen LogP contribution in [0.2, 0.25) is 0 Å². The van der Waals surface area contributed by atoms with Crippen molar-refractivity contribution in [3.63, 3.8) is 0 Å². The summed E-state index contributed by atoms with van der Waals surface area (Å²) in [7, 11) is 1.73. The number of aryl methyl sites for hydroxylation is 4. The summed E-state index contributed by atoms with van der Waals surface area (Å²) in [5, 5.41) is 0. The van der Waals surface area contributed by atoms with Crippen molar-refractivity contribution in [3.05, 3.63) is 93.0 Å². The molecule has 16 unspecified atom stereocenters. The van der Waals surface area contributed by atoms with Gasteiger partial charge < -0.3 is 79.8 Å². The third-order valence-corrected chi connectivity index (χ3v) is 21.3. The third kappa shape index (κ3) is 23.8. The number of ether oxygens (including phenoxy) is 12. The minimum absolute atomic E-state index is 0.0177. The van der Waals surface area contributed by atoms with Gasteiger partial charge in [-0.1, -0.05) is 110 Å². The Balaban J connectivity index is 0.000000249. The smallest absolute Gasteiger partial charge is 0.323 e. The number of esters is 4. The number of fused-ring (bicyclic) bond motifs is 12. The zero-order chi connectivity index (χ0) is 132. The number of rotatable bonds is 28. The van der Waals surface area contributed by atoms with Gasteiger partial charge in [0.1, 0.15) is 48.6 Å². The molecule has 0 amide bonds. The van der Waals surface area contributed by atoms with Crippen LogP contribution in [0.1, 0.15) is 299 Å². The predicted molar refractivity (Wildman–Crippen MR) is 471 cm³/mol. The monoisotopic (exact) mass is 1720 g/mol. The highest BCUT2D eigenvalue weighted by Gasteiger charge is 2.47. The van der Waals surface area contributed by atoms with Gasteiger partial charge in [0.15, 0.2) is 46.0 Å². The molecule has 0 saturated carbocycles. The summed E-state index contributed by atoms with van der Waals surface area (Å²) in [6.45, 7) is -11.3. The van der Waals surface area contributed by atoms with E-state index in [-0.39, 0.29) is 85.3 Å². The van der Waals surface area contributed by atoms with Crippen LogP contribution in [0.4, 0.5) is 0 Å². The summed E-state index contributed by atoms with van der Waals surface area (Å²) in [5.74, 6) is -24.6. The molecule has 0 bridgehead atoms. The SMILES string of the molecule is [2H]C([2H])([2H])Oc1cc2c(cc1OC)C1([2H])CC(OC(=O)[C@@H](N)C(C)C)C(C([2H])([2H])C([2H])(C)C([2H])([2H])[2H])CN1C([2H])([2H])C2([2H])[2H].[2H]C([2H])([2H])Oc1cc2c(cc1OC)C1CC([2H])(OC(=O)[C@@H](N)C(C)C)C(C([2H])([2H])C([2H])(C)C([2H])([2H])[2H])CN1C([2H])([2H])C2([2H])[2H].[2H]C12CC(OC(=O)[C@@H](N)C(C)C)C(C([2H])([2H])C([2H])(C)C([2H])([2H])[2H])CN1C([2H])([2H])C([2H])([2H])c1cc(OC)c(OC)cc12.[2H]C12CC(OC(=O)[C@@H](N)C(C)C)C(C([2H])([2H])C([2H])(C)C([2H])([2H])[2H])CN1C([2H])([2H])C([2H])([2H])c1cc(OC)c(OC)cc12. The fraction of sp³-hybridized carbons (Fsp3) is 0.708. The van der Waals surface area contributed by atoms with E-state index in [4.69, 9.17) is 143 Å². The van der Waals surface area contributed by atoms with Crippen molar-refractivity contribution in [1.29, 1.82) is 0 Å². The Labute approximate surface area is 789 Å². The number of carbonyl (C=O) groups is 4. The lowest BCUT2D eigenvalue weighted by atomic mass is 9.79. The quantitative estimate of drug-likeness (QED) is 0.0303. The second-order valence-electron chi connectivity index (χ2n) is 31.3. The second kappa shape index (κ2) is 43.9. The number of nitrogens with two attached hydrogens (primary N) is 4. The first-order valence-corrected chi connectivity index (χ1v) is 39.3. The van der Waals surface area contributed by atoms with Crippen LogP contribution in [-0.4, -0.2) is 201 Å². The van der Waals surface area contributed by atoms with Gasteiger partial charge in [-0.2, -0.15) is 0 Å². The van der Waals surface area contributed by atoms with E-state index in [1.165, 1.54) is 73.0 Å². The van der Waals surface area contributed by atoms with Crippen LogP contribution in [-0.2, 0) is 63.6 Å². The lowest BCUT2D eigenvalue weighted by Crippen LogP contribution is -2.51. The normalized spacial score (nSPS) is 39.9. The fourth-order valence-electron chi connectivity index (χ4n) is 14.4. The summed E-state index contributed by atoms with van der Waals surface area (Å²) in [6, 6.07) is -3.14. The predicted octanol–water partition coefficient (Wildman–Crippen LogP) is 14.3. The molecule has 4 saturated heterocycles. The number of benzene rings is 4. The van der Waals surface area contributed by atoms with Gasteiger partial charge >= 0.3 is 23.9 Å². The molecule has 120 heavy (non-hydrogen) atoms. The van der Waals surface area contributed by atoms with Crippen molar-refractivity contribution in [2.75, 3.05) is 109 Å². The summed E-state index contributed by atoms with van der Waals surface area (Å²) in [4.78, 5) is 55.5. The minimum atomic E-state index is -3.23. The van der Waals surface area contributed by atoms with Gasteiger partial charge in [0, 0.05) is 180 Å². The molecular formula is C96H152N8O16. The Morgan fingerprint density at radius 1 is 0.375 bits per heavy atom. The lowest BCUT2D eigenvalue weighted by molar-refractivity contribution is -0.161. The molecule has 0 spiro atoms. The number of nitrogens with zero attached hydrogens (tertiary/aromatic N) is 4. The van der Waals surface area contributed by atoms with Crippen LogP contribution in [0.5, 0.6) is 46.0 Å². The van der Waals surface area contributed by atoms with Crippen molar-refractivity contribution in [3.8, 4) is 46.0 Å². The molecular weight excluding hydrogens is 1520 g/mol. The molecule has 0 radical (unpaired) electrons. The Morgan fingerprint density at radius 3 is 0.908 bits per heavy atom. The standard InChI is InChI=1S/4C24H38N2O4/c4*1-14(2)9-17-13-26-8-7-16-10-21(28-5)22(29-6)11-18(16)19(26)12-20(17)30-24(27)23(25)15(3)4/h4*10-11,14-15,17,19-20,23H,7-9,12-13,25H2,1-6H3/t4*17?,19?,20?,23-/m0000/s1/i1D3,5D3,7D2,8D2,9D2,14D,20D;1D3,5D3,7D2,8D2,9D2,14D,19D;2*1D3,7D2,8D2,9D2,14D,19D/t4*14?,17?,19?,20?,23-. The van der Waals surface area contributed by atoms with Crippen LogP contribution in [0, 0.1) is 70.9 Å². The van der Waals surface area contributed by atoms with Crippen LogP contribution < -0.4 is 60.8 Å². The Morgan fingerprint density at radius 2 is 0.625 bits per heavy atom. The summed E-state index contributed by atoms with van der Waals surface area (Å²) in [6.07, 6.45) is -33.3. The van der Waals surface area contributed by atoms with E-state index in [2.05, 4.69) is 0 Å². The number of hydrogen-bond donors (Lipinski definition) is 4. The topological polar surface area (TPSA) is 296 Å². The zero-order valence-corrected chi connectivity index (χ0v) is 71.1. The second-order valence-corrected chi connectivity index (χ2v) is 31.3. The van der Waals surface area contributed by atoms with Crippen molar-refractivity contribution in [1.82, 2.24) is 19.6 Å². The van der Waals surface area contributed by atoms with E-state index in [1.807, 2.05) is 0 Å². The largest absolute Gasteiger partial charge is 0.493 e. The molecule has 24 nitrogen and oxygen atoms in total. The molecule has 0 aromatic heterocycles. The van der Waals surface area contributed by atoms with Gasteiger partial charge in [0.25, 0.3) is 0 Å². The van der Waals surface area contributed by atoms with Gasteiger partial charge in [0.2, 0.25) is 0 Å². The van der Waals surface area contributed by atoms with Crippen LogP contribution in [0.15, 0.2) is 48.5 Å². The van der Waals surface area contributed by atoms with Gasteiger partial charge in [-0.25, -0.2) is 0 Å². The van der Waals surface area contributed by atoms with Crippen molar-refractivity contribution in [2.45, 2.75) is 260 Å². The molecule has 8 heterocycles. The molecule has 0 aliphatic carbocycles. The summed E-state index contributed by atoms with van der Waals surface area (Å²) < 4.78 is 488. The first-order chi connectivity index (χ1) is 76.0. The molecule has 8 aliphatic rings. The zero-order valence-electron chi connectivity index (χ0n) is 121. The highest BCUT2D eigenvalue weighted by atomic mass is 16.6. The van der Waals surface area contributed by atoms with E-state index in [9.17, 15) is 24.7 Å². The third-order valence-electron chi connectivity index (χ3n) is 21.3. The van der Waals surface area contributed by atoms with Crippen LogP contribution >= 0.6 is 0 Å². The number of methoxy groups -OCH3 is 8. The Hall–Kier alpha value is -7.16. The highest BCUT2D eigenvalue weighted by Crippen LogP contribution is 2.50.